The monoisotopic (exact) mass is 739 g/mol. The second-order valence-corrected chi connectivity index (χ2v) is 14.8. The third kappa shape index (κ3) is 5.74. The highest BCUT2D eigenvalue weighted by Crippen LogP contribution is 2.48. The van der Waals surface area contributed by atoms with E-state index in [1.54, 1.807) is 0 Å². The largest absolute Gasteiger partial charge is 0.455 e. The molecule has 0 N–H and O–H groups in total. The lowest BCUT2D eigenvalue weighted by atomic mass is 9.94. The lowest BCUT2D eigenvalue weighted by Crippen LogP contribution is -2.12. The molecule has 10 aromatic carbocycles. The van der Waals surface area contributed by atoms with Crippen molar-refractivity contribution < 1.29 is 4.42 Å². The Hall–Kier alpha value is -7.68. The summed E-state index contributed by atoms with van der Waals surface area (Å²) in [5.74, 6) is 0. The molecule has 0 unspecified atom stereocenters. The number of rotatable bonds is 7. The van der Waals surface area contributed by atoms with Gasteiger partial charge in [0.05, 0.1) is 11.4 Å². The van der Waals surface area contributed by atoms with Crippen LogP contribution < -0.4 is 4.90 Å². The van der Waals surface area contributed by atoms with Crippen LogP contribution in [-0.4, -0.2) is 0 Å². The molecule has 0 aliphatic rings. The summed E-state index contributed by atoms with van der Waals surface area (Å²) in [7, 11) is 0. The van der Waals surface area contributed by atoms with Gasteiger partial charge in [-0.3, -0.25) is 0 Å². The summed E-state index contributed by atoms with van der Waals surface area (Å²) in [4.78, 5) is 2.42. The van der Waals surface area contributed by atoms with E-state index in [1.165, 1.54) is 32.8 Å². The van der Waals surface area contributed by atoms with E-state index in [0.717, 1.165) is 72.2 Å². The minimum atomic E-state index is 0.880. The van der Waals surface area contributed by atoms with E-state index in [-0.39, 0.29) is 0 Å². The Bertz CT molecular complexity index is 3280. The van der Waals surface area contributed by atoms with Gasteiger partial charge in [-0.05, 0) is 92.0 Å². The summed E-state index contributed by atoms with van der Waals surface area (Å²) >= 11 is 0. The number of furan rings is 1. The fourth-order valence-corrected chi connectivity index (χ4v) is 8.76. The van der Waals surface area contributed by atoms with Crippen LogP contribution >= 0.6 is 0 Å². The molecule has 2 heteroatoms. The minimum absolute atomic E-state index is 0.880. The van der Waals surface area contributed by atoms with Crippen molar-refractivity contribution in [2.24, 2.45) is 0 Å². The fourth-order valence-electron chi connectivity index (χ4n) is 8.76. The summed E-state index contributed by atoms with van der Waals surface area (Å²) < 4.78 is 6.67. The molecule has 0 saturated heterocycles. The summed E-state index contributed by atoms with van der Waals surface area (Å²) in [5.41, 5.74) is 14.4. The van der Waals surface area contributed by atoms with Gasteiger partial charge in [-0.1, -0.05) is 182 Å². The highest BCUT2D eigenvalue weighted by atomic mass is 16.3. The Kier molecular flexibility index (Phi) is 8.19. The van der Waals surface area contributed by atoms with E-state index in [1.807, 2.05) is 0 Å². The fraction of sp³-hybridized carbons (Fsp3) is 0. The van der Waals surface area contributed by atoms with Crippen molar-refractivity contribution in [1.29, 1.82) is 0 Å². The van der Waals surface area contributed by atoms with Gasteiger partial charge in [-0.15, -0.1) is 0 Å². The van der Waals surface area contributed by atoms with Crippen LogP contribution in [0.25, 0.3) is 88.0 Å². The van der Waals surface area contributed by atoms with Gasteiger partial charge in [-0.25, -0.2) is 0 Å². The van der Waals surface area contributed by atoms with Crippen LogP contribution in [0.15, 0.2) is 229 Å². The maximum Gasteiger partial charge on any atom is 0.143 e. The van der Waals surface area contributed by atoms with E-state index in [2.05, 4.69) is 229 Å². The predicted molar refractivity (Wildman–Crippen MR) is 245 cm³/mol. The quantitative estimate of drug-likeness (QED) is 0.162. The van der Waals surface area contributed by atoms with Gasteiger partial charge in [0.25, 0.3) is 0 Å². The Labute approximate surface area is 337 Å². The molecular weight excluding hydrogens is 703 g/mol. The van der Waals surface area contributed by atoms with E-state index in [0.29, 0.717) is 0 Å². The highest BCUT2D eigenvalue weighted by Gasteiger charge is 2.23. The molecule has 0 atom stereocenters. The van der Waals surface area contributed by atoms with Crippen molar-refractivity contribution in [2.45, 2.75) is 0 Å². The first kappa shape index (κ1) is 33.6. The molecule has 0 bridgehead atoms. The number of hydrogen-bond donors (Lipinski definition) is 0. The summed E-state index contributed by atoms with van der Waals surface area (Å²) in [6, 6.07) is 80.6. The Morgan fingerprint density at radius 1 is 0.310 bits per heavy atom. The number of hydrogen-bond acceptors (Lipinski definition) is 2. The predicted octanol–water partition coefficient (Wildman–Crippen LogP) is 16.0. The zero-order valence-corrected chi connectivity index (χ0v) is 31.7. The third-order valence-corrected chi connectivity index (χ3v) is 11.5. The maximum atomic E-state index is 6.67. The molecule has 0 aliphatic carbocycles. The second-order valence-electron chi connectivity index (χ2n) is 14.8. The zero-order chi connectivity index (χ0) is 38.4. The van der Waals surface area contributed by atoms with Crippen LogP contribution in [0.4, 0.5) is 17.1 Å². The number of benzene rings is 10. The SMILES string of the molecule is c1ccc(-c2ccccc2N(c2ccc(-c3cccc(-c4cccc5ccccc45)c3)cc2)c2ccccc2-c2cccc3oc4c5ccccc5ccc4c23)cc1. The smallest absolute Gasteiger partial charge is 0.143 e. The van der Waals surface area contributed by atoms with Crippen molar-refractivity contribution in [1.82, 2.24) is 0 Å². The summed E-state index contributed by atoms with van der Waals surface area (Å²) in [5, 5.41) is 7.03. The number of fused-ring (bicyclic) bond motifs is 6. The molecule has 1 heterocycles. The lowest BCUT2D eigenvalue weighted by molar-refractivity contribution is 0.673. The average Bonchev–Trinajstić information content (AvgIpc) is 3.70. The minimum Gasteiger partial charge on any atom is -0.455 e. The molecule has 0 saturated carbocycles. The zero-order valence-electron chi connectivity index (χ0n) is 31.7. The first-order valence-electron chi connectivity index (χ1n) is 19.8. The van der Waals surface area contributed by atoms with Crippen molar-refractivity contribution >= 4 is 60.5 Å². The molecule has 0 radical (unpaired) electrons. The molecule has 0 fully saturated rings. The molecule has 0 amide bonds. The second kappa shape index (κ2) is 14.1. The topological polar surface area (TPSA) is 16.4 Å². The van der Waals surface area contributed by atoms with Crippen molar-refractivity contribution in [2.75, 3.05) is 4.90 Å². The van der Waals surface area contributed by atoms with E-state index < -0.39 is 0 Å². The number of anilines is 3. The molecule has 272 valence electrons. The first-order valence-corrected chi connectivity index (χ1v) is 19.8. The van der Waals surface area contributed by atoms with Crippen LogP contribution in [0.5, 0.6) is 0 Å². The van der Waals surface area contributed by atoms with Crippen LogP contribution in [-0.2, 0) is 0 Å². The van der Waals surface area contributed by atoms with Gasteiger partial charge >= 0.3 is 0 Å². The van der Waals surface area contributed by atoms with Crippen LogP contribution in [0, 0.1) is 0 Å². The van der Waals surface area contributed by atoms with Crippen LogP contribution in [0.2, 0.25) is 0 Å². The van der Waals surface area contributed by atoms with E-state index >= 15 is 0 Å². The molecule has 1 aromatic heterocycles. The van der Waals surface area contributed by atoms with Crippen LogP contribution in [0.3, 0.4) is 0 Å². The van der Waals surface area contributed by atoms with Gasteiger partial charge in [-0.2, -0.15) is 0 Å². The van der Waals surface area contributed by atoms with Gasteiger partial charge in [0.1, 0.15) is 11.2 Å². The van der Waals surface area contributed by atoms with Gasteiger partial charge in [0.2, 0.25) is 0 Å². The van der Waals surface area contributed by atoms with E-state index in [4.69, 9.17) is 4.42 Å². The third-order valence-electron chi connectivity index (χ3n) is 11.5. The Morgan fingerprint density at radius 3 is 1.71 bits per heavy atom. The van der Waals surface area contributed by atoms with Gasteiger partial charge < -0.3 is 9.32 Å². The summed E-state index contributed by atoms with van der Waals surface area (Å²) in [6.07, 6.45) is 0. The van der Waals surface area contributed by atoms with Crippen molar-refractivity contribution in [3.8, 4) is 44.5 Å². The number of para-hydroxylation sites is 2. The first-order chi connectivity index (χ1) is 28.8. The molecule has 11 aromatic rings. The van der Waals surface area contributed by atoms with Crippen molar-refractivity contribution in [3.05, 3.63) is 224 Å². The normalized spacial score (nSPS) is 11.4. The Morgan fingerprint density at radius 2 is 0.879 bits per heavy atom. The lowest BCUT2D eigenvalue weighted by Gasteiger charge is -2.30. The molecule has 11 rings (SSSR count). The average molecular weight is 740 g/mol. The molecule has 2 nitrogen and oxygen atoms in total. The molecule has 0 aliphatic heterocycles. The molecular formula is C56H37NO. The Balaban J connectivity index is 1.08. The molecule has 0 spiro atoms. The van der Waals surface area contributed by atoms with Crippen LogP contribution in [0.1, 0.15) is 0 Å². The highest BCUT2D eigenvalue weighted by molar-refractivity contribution is 6.20. The van der Waals surface area contributed by atoms with Crippen molar-refractivity contribution in [3.63, 3.8) is 0 Å². The van der Waals surface area contributed by atoms with Gasteiger partial charge in [0.15, 0.2) is 0 Å². The summed E-state index contributed by atoms with van der Waals surface area (Å²) in [6.45, 7) is 0. The van der Waals surface area contributed by atoms with E-state index in [9.17, 15) is 0 Å². The maximum absolute atomic E-state index is 6.67. The molecule has 58 heavy (non-hydrogen) atoms. The number of nitrogens with zero attached hydrogens (tertiary/aromatic N) is 1. The standard InChI is InChI=1S/C56H37NO/c1-2-15-40(16-3-1)47-23-8-10-28-52(47)57(44-34-31-38(32-35-44)42-20-12-21-43(37-42)46-26-13-19-39-17-4-6-22-45(39)46)53-29-11-9-25-49(53)50-27-14-30-54-55(50)51-36-33-41-18-5-7-24-48(41)56(51)58-54/h1-37H. The van der Waals surface area contributed by atoms with Gasteiger partial charge in [0, 0.05) is 33.0 Å².